The zero-order valence-electron chi connectivity index (χ0n) is 8.95. The van der Waals surface area contributed by atoms with Gasteiger partial charge in [0.2, 0.25) is 5.89 Å². The number of benzene rings is 1. The third-order valence-electron chi connectivity index (χ3n) is 1.95. The Bertz CT molecular complexity index is 598. The number of rotatable bonds is 2. The first-order valence-electron chi connectivity index (χ1n) is 4.65. The summed E-state index contributed by atoms with van der Waals surface area (Å²) in [5, 5.41) is 7.32. The Hall–Kier alpha value is -1.69. The van der Waals surface area contributed by atoms with Crippen molar-refractivity contribution in [3.8, 4) is 0 Å². The van der Waals surface area contributed by atoms with E-state index in [9.17, 15) is 4.21 Å². The van der Waals surface area contributed by atoms with E-state index >= 15 is 0 Å². The molecule has 16 heavy (non-hydrogen) atoms. The Morgan fingerprint density at radius 3 is 2.50 bits per heavy atom. The molecule has 1 aromatic heterocycles. The summed E-state index contributed by atoms with van der Waals surface area (Å²) >= 11 is 0. The predicted octanol–water partition coefficient (Wildman–Crippen LogP) is 2.17. The van der Waals surface area contributed by atoms with Gasteiger partial charge in [-0.15, -0.1) is 9.46 Å². The lowest BCUT2D eigenvalue weighted by Crippen LogP contribution is -1.96. The summed E-state index contributed by atoms with van der Waals surface area (Å²) in [5.74, 6) is 0.405. The number of aromatic nitrogens is 2. The molecular weight excluding hydrogens is 226 g/mol. The van der Waals surface area contributed by atoms with E-state index in [2.05, 4.69) is 14.6 Å². The number of hydrogen-bond donors (Lipinski definition) is 0. The highest BCUT2D eigenvalue weighted by Crippen LogP contribution is 2.17. The summed E-state index contributed by atoms with van der Waals surface area (Å²) in [7, 11) is -2.52. The maximum Gasteiger partial charge on any atom is 0.351 e. The predicted molar refractivity (Wildman–Crippen MR) is 59.9 cm³/mol. The Balaban J connectivity index is 2.47. The number of nitrogens with zero attached hydrogens (tertiary/aromatic N) is 3. The standard InChI is InChI=1S/C10H11N3O2S/c1-8-11-12-10(15-8)13-16(2,14)9-6-4-3-5-7-9/h3-7H,1-2H3. The van der Waals surface area contributed by atoms with Gasteiger partial charge in [-0.05, 0) is 12.1 Å². The van der Waals surface area contributed by atoms with E-state index in [4.69, 9.17) is 4.42 Å². The molecule has 0 bridgehead atoms. The van der Waals surface area contributed by atoms with Crippen molar-refractivity contribution in [3.05, 3.63) is 36.2 Å². The molecule has 0 aliphatic heterocycles. The van der Waals surface area contributed by atoms with Crippen LogP contribution in [-0.2, 0) is 9.73 Å². The fourth-order valence-corrected chi connectivity index (χ4v) is 2.34. The first-order chi connectivity index (χ1) is 7.58. The van der Waals surface area contributed by atoms with E-state index in [-0.39, 0.29) is 6.01 Å². The Morgan fingerprint density at radius 1 is 1.25 bits per heavy atom. The van der Waals surface area contributed by atoms with E-state index in [0.29, 0.717) is 10.8 Å². The molecule has 0 aliphatic carbocycles. The average Bonchev–Trinajstić information content (AvgIpc) is 2.64. The molecule has 1 atom stereocenters. The third-order valence-corrected chi connectivity index (χ3v) is 3.60. The van der Waals surface area contributed by atoms with E-state index in [1.54, 1.807) is 25.3 Å². The van der Waals surface area contributed by atoms with Crippen LogP contribution in [-0.4, -0.2) is 20.7 Å². The van der Waals surface area contributed by atoms with Crippen LogP contribution in [0.15, 0.2) is 44.0 Å². The Kier molecular flexibility index (Phi) is 2.74. The second kappa shape index (κ2) is 4.05. The zero-order valence-corrected chi connectivity index (χ0v) is 9.77. The van der Waals surface area contributed by atoms with Gasteiger partial charge < -0.3 is 4.42 Å². The molecule has 84 valence electrons. The summed E-state index contributed by atoms with van der Waals surface area (Å²) < 4.78 is 21.3. The lowest BCUT2D eigenvalue weighted by atomic mass is 10.4. The molecule has 1 heterocycles. The molecule has 0 saturated heterocycles. The highest BCUT2D eigenvalue weighted by molar-refractivity contribution is 7.93. The van der Waals surface area contributed by atoms with Gasteiger partial charge in [0.25, 0.3) is 0 Å². The maximum atomic E-state index is 12.3. The van der Waals surface area contributed by atoms with Crippen molar-refractivity contribution >= 4 is 15.7 Å². The van der Waals surface area contributed by atoms with Crippen molar-refractivity contribution in [3.63, 3.8) is 0 Å². The van der Waals surface area contributed by atoms with Crippen molar-refractivity contribution in [1.82, 2.24) is 10.2 Å². The lowest BCUT2D eigenvalue weighted by molar-refractivity contribution is 0.529. The summed E-state index contributed by atoms with van der Waals surface area (Å²) in [4.78, 5) is 0.644. The van der Waals surface area contributed by atoms with Crippen LogP contribution >= 0.6 is 0 Å². The van der Waals surface area contributed by atoms with E-state index < -0.39 is 9.73 Å². The van der Waals surface area contributed by atoms with Gasteiger partial charge in [-0.2, -0.15) is 0 Å². The van der Waals surface area contributed by atoms with Gasteiger partial charge >= 0.3 is 6.01 Å². The fraction of sp³-hybridized carbons (Fsp3) is 0.200. The minimum atomic E-state index is -2.52. The quantitative estimate of drug-likeness (QED) is 0.802. The molecule has 2 aromatic rings. The molecule has 0 radical (unpaired) electrons. The second-order valence-electron chi connectivity index (χ2n) is 3.31. The molecule has 0 saturated carbocycles. The van der Waals surface area contributed by atoms with Crippen LogP contribution in [0.3, 0.4) is 0 Å². The zero-order chi connectivity index (χ0) is 11.6. The number of hydrogen-bond acceptors (Lipinski definition) is 5. The first-order valence-corrected chi connectivity index (χ1v) is 6.57. The molecule has 0 N–H and O–H groups in total. The van der Waals surface area contributed by atoms with Crippen molar-refractivity contribution in [1.29, 1.82) is 0 Å². The minimum absolute atomic E-state index is 0.0499. The van der Waals surface area contributed by atoms with Crippen LogP contribution in [0, 0.1) is 6.92 Å². The van der Waals surface area contributed by atoms with Crippen LogP contribution in [0.4, 0.5) is 6.01 Å². The van der Waals surface area contributed by atoms with Gasteiger partial charge in [0.1, 0.15) is 0 Å². The smallest absolute Gasteiger partial charge is 0.351 e. The van der Waals surface area contributed by atoms with Gasteiger partial charge in [-0.25, -0.2) is 4.21 Å². The lowest BCUT2D eigenvalue weighted by Gasteiger charge is -2.01. The molecule has 0 spiro atoms. The fourth-order valence-electron chi connectivity index (χ4n) is 1.20. The molecular formula is C10H11N3O2S. The van der Waals surface area contributed by atoms with E-state index in [0.717, 1.165) is 0 Å². The monoisotopic (exact) mass is 237 g/mol. The summed E-state index contributed by atoms with van der Waals surface area (Å²) in [6, 6.07) is 9.05. The minimum Gasteiger partial charge on any atom is -0.406 e. The molecule has 0 fully saturated rings. The van der Waals surface area contributed by atoms with Crippen molar-refractivity contribution in [2.45, 2.75) is 11.8 Å². The maximum absolute atomic E-state index is 12.3. The van der Waals surface area contributed by atoms with Crippen molar-refractivity contribution < 1.29 is 8.63 Å². The molecule has 6 heteroatoms. The van der Waals surface area contributed by atoms with Gasteiger partial charge in [0.15, 0.2) is 0 Å². The summed E-state index contributed by atoms with van der Waals surface area (Å²) in [5.41, 5.74) is 0. The van der Waals surface area contributed by atoms with E-state index in [1.165, 1.54) is 0 Å². The first kappa shape index (κ1) is 10.8. The average molecular weight is 237 g/mol. The van der Waals surface area contributed by atoms with Crippen LogP contribution in [0.1, 0.15) is 5.89 Å². The normalized spacial score (nSPS) is 14.4. The van der Waals surface area contributed by atoms with Gasteiger partial charge in [0.05, 0.1) is 9.73 Å². The SMILES string of the molecule is Cc1nnc(N=S(C)(=O)c2ccccc2)o1. The van der Waals surface area contributed by atoms with Crippen LogP contribution in [0.5, 0.6) is 0 Å². The summed E-state index contributed by atoms with van der Waals surface area (Å²) in [6.45, 7) is 1.66. The summed E-state index contributed by atoms with van der Waals surface area (Å²) in [6.07, 6.45) is 1.54. The Labute approximate surface area is 93.7 Å². The van der Waals surface area contributed by atoms with Crippen LogP contribution < -0.4 is 0 Å². The van der Waals surface area contributed by atoms with Gasteiger partial charge in [0, 0.05) is 18.1 Å². The topological polar surface area (TPSA) is 68.3 Å². The highest BCUT2D eigenvalue weighted by Gasteiger charge is 2.08. The largest absolute Gasteiger partial charge is 0.406 e. The Morgan fingerprint density at radius 2 is 1.94 bits per heavy atom. The van der Waals surface area contributed by atoms with Crippen molar-refractivity contribution in [2.75, 3.05) is 6.26 Å². The van der Waals surface area contributed by atoms with Gasteiger partial charge in [-0.1, -0.05) is 23.3 Å². The molecule has 2 rings (SSSR count). The van der Waals surface area contributed by atoms with Crippen LogP contribution in [0.2, 0.25) is 0 Å². The third kappa shape index (κ3) is 2.27. The molecule has 1 aromatic carbocycles. The highest BCUT2D eigenvalue weighted by atomic mass is 32.2. The molecule has 1 unspecified atom stereocenters. The van der Waals surface area contributed by atoms with Crippen LogP contribution in [0.25, 0.3) is 0 Å². The van der Waals surface area contributed by atoms with Gasteiger partial charge in [-0.3, -0.25) is 0 Å². The second-order valence-corrected chi connectivity index (χ2v) is 5.57. The number of aryl methyl sites for hydroxylation is 1. The molecule has 5 nitrogen and oxygen atoms in total. The van der Waals surface area contributed by atoms with Crippen molar-refractivity contribution in [2.24, 2.45) is 4.36 Å². The molecule has 0 aliphatic rings. The van der Waals surface area contributed by atoms with E-state index in [1.807, 2.05) is 18.2 Å². The molecule has 0 amide bonds.